The number of carbonyl (C=O) groups excluding carboxylic acids is 2. The fourth-order valence-corrected chi connectivity index (χ4v) is 1.73. The van der Waals surface area contributed by atoms with E-state index < -0.39 is 6.09 Å². The summed E-state index contributed by atoms with van der Waals surface area (Å²) in [4.78, 5) is 37.8. The first kappa shape index (κ1) is 13.1. The Morgan fingerprint density at radius 2 is 2.05 bits per heavy atom. The number of rotatable bonds is 3. The van der Waals surface area contributed by atoms with Crippen LogP contribution in [0.1, 0.15) is 23.3 Å². The maximum Gasteiger partial charge on any atom is 0.452 e. The lowest BCUT2D eigenvalue weighted by Gasteiger charge is -2.13. The summed E-state index contributed by atoms with van der Waals surface area (Å²) in [6.07, 6.45) is 2.78. The number of pyridine rings is 1. The smallest absolute Gasteiger partial charge is 0.354 e. The summed E-state index contributed by atoms with van der Waals surface area (Å²) in [6, 6.07) is 2.99. The lowest BCUT2D eigenvalue weighted by atomic mass is 10.3. The summed E-state index contributed by atoms with van der Waals surface area (Å²) in [7, 11) is 1.52. The molecular formula is C12H15N3O4. The van der Waals surface area contributed by atoms with Crippen LogP contribution in [0, 0.1) is 0 Å². The summed E-state index contributed by atoms with van der Waals surface area (Å²) in [5.74, 6) is -0.0270. The zero-order chi connectivity index (χ0) is 13.7. The Labute approximate surface area is 110 Å². The van der Waals surface area contributed by atoms with Gasteiger partial charge in [0.15, 0.2) is 5.75 Å². The number of amides is 2. The van der Waals surface area contributed by atoms with Crippen LogP contribution in [-0.2, 0) is 4.89 Å². The quantitative estimate of drug-likeness (QED) is 0.650. The van der Waals surface area contributed by atoms with Crippen LogP contribution in [-0.4, -0.2) is 42.0 Å². The third-order valence-electron chi connectivity index (χ3n) is 2.77. The normalized spacial score (nSPS) is 14.1. The van der Waals surface area contributed by atoms with Gasteiger partial charge in [-0.25, -0.2) is 14.7 Å². The van der Waals surface area contributed by atoms with Crippen molar-refractivity contribution < 1.29 is 19.4 Å². The molecule has 0 bridgehead atoms. The highest BCUT2D eigenvalue weighted by Gasteiger charge is 2.20. The Balaban J connectivity index is 1.85. The molecule has 1 saturated heterocycles. The van der Waals surface area contributed by atoms with E-state index in [1.807, 2.05) is 0 Å². The fourth-order valence-electron chi connectivity index (χ4n) is 1.73. The van der Waals surface area contributed by atoms with Crippen LogP contribution < -0.4 is 10.2 Å². The van der Waals surface area contributed by atoms with Crippen molar-refractivity contribution in [2.75, 3.05) is 20.1 Å². The molecule has 1 aromatic rings. The van der Waals surface area contributed by atoms with E-state index in [4.69, 9.17) is 4.89 Å². The highest BCUT2D eigenvalue weighted by atomic mass is 17.2. The third kappa shape index (κ3) is 3.34. The van der Waals surface area contributed by atoms with Crippen LogP contribution in [0.2, 0.25) is 0 Å². The first-order valence-corrected chi connectivity index (χ1v) is 6.02. The first-order valence-electron chi connectivity index (χ1n) is 6.02. The van der Waals surface area contributed by atoms with Gasteiger partial charge in [0, 0.05) is 20.1 Å². The van der Waals surface area contributed by atoms with Crippen LogP contribution >= 0.6 is 0 Å². The Bertz CT molecular complexity index is 455. The summed E-state index contributed by atoms with van der Waals surface area (Å²) in [5.41, 5.74) is 0.265. The van der Waals surface area contributed by atoms with E-state index >= 15 is 0 Å². The highest BCUT2D eigenvalue weighted by Crippen LogP contribution is 2.12. The summed E-state index contributed by atoms with van der Waals surface area (Å²) in [6.45, 7) is 1.38. The molecule has 2 rings (SSSR count). The van der Waals surface area contributed by atoms with Crippen molar-refractivity contribution in [3.8, 4) is 5.75 Å². The van der Waals surface area contributed by atoms with E-state index in [-0.39, 0.29) is 17.4 Å². The lowest BCUT2D eigenvalue weighted by Crippen LogP contribution is -2.29. The molecule has 0 atom stereocenters. The van der Waals surface area contributed by atoms with Gasteiger partial charge in [-0.3, -0.25) is 9.68 Å². The summed E-state index contributed by atoms with van der Waals surface area (Å²) >= 11 is 0. The lowest BCUT2D eigenvalue weighted by molar-refractivity contribution is -0.153. The average Bonchev–Trinajstić information content (AvgIpc) is 2.98. The topological polar surface area (TPSA) is 80.8 Å². The maximum atomic E-state index is 11.5. The molecule has 19 heavy (non-hydrogen) atoms. The number of nitrogens with zero attached hydrogens (tertiary/aromatic N) is 2. The van der Waals surface area contributed by atoms with Crippen LogP contribution in [0.25, 0.3) is 0 Å². The van der Waals surface area contributed by atoms with E-state index in [9.17, 15) is 9.59 Å². The van der Waals surface area contributed by atoms with Gasteiger partial charge in [0.25, 0.3) is 5.91 Å². The molecular weight excluding hydrogens is 250 g/mol. The molecule has 1 aromatic heterocycles. The monoisotopic (exact) mass is 265 g/mol. The molecule has 7 nitrogen and oxygen atoms in total. The van der Waals surface area contributed by atoms with Crippen LogP contribution in [0.4, 0.5) is 4.79 Å². The predicted octanol–water partition coefficient (Wildman–Crippen LogP) is 0.967. The van der Waals surface area contributed by atoms with Gasteiger partial charge < -0.3 is 10.2 Å². The van der Waals surface area contributed by atoms with Crippen molar-refractivity contribution in [2.45, 2.75) is 12.8 Å². The second-order valence-corrected chi connectivity index (χ2v) is 4.08. The molecule has 0 aromatic carbocycles. The number of likely N-dealkylation sites (tertiary alicyclic amines) is 1. The van der Waals surface area contributed by atoms with Gasteiger partial charge in [-0.15, -0.1) is 0 Å². The van der Waals surface area contributed by atoms with Gasteiger partial charge in [0.05, 0.1) is 6.20 Å². The molecule has 0 aliphatic carbocycles. The fraction of sp³-hybridized carbons (Fsp3) is 0.417. The minimum atomic E-state index is -0.507. The van der Waals surface area contributed by atoms with Crippen molar-refractivity contribution in [1.82, 2.24) is 15.2 Å². The van der Waals surface area contributed by atoms with E-state index in [1.54, 1.807) is 4.90 Å². The van der Waals surface area contributed by atoms with Crippen molar-refractivity contribution in [1.29, 1.82) is 0 Å². The van der Waals surface area contributed by atoms with Gasteiger partial charge >= 0.3 is 6.09 Å². The zero-order valence-corrected chi connectivity index (χ0v) is 10.6. The molecule has 0 radical (unpaired) electrons. The largest absolute Gasteiger partial charge is 0.452 e. The zero-order valence-electron chi connectivity index (χ0n) is 10.6. The van der Waals surface area contributed by atoms with E-state index in [0.29, 0.717) is 13.1 Å². The van der Waals surface area contributed by atoms with Crippen LogP contribution in [0.15, 0.2) is 18.3 Å². The number of aromatic nitrogens is 1. The molecule has 1 aliphatic rings. The van der Waals surface area contributed by atoms with E-state index in [1.165, 1.54) is 25.4 Å². The van der Waals surface area contributed by atoms with Gasteiger partial charge in [-0.1, -0.05) is 0 Å². The van der Waals surface area contributed by atoms with Crippen molar-refractivity contribution in [3.63, 3.8) is 0 Å². The van der Waals surface area contributed by atoms with Crippen LogP contribution in [0.5, 0.6) is 5.75 Å². The molecule has 1 aliphatic heterocycles. The van der Waals surface area contributed by atoms with Gasteiger partial charge in [-0.05, 0) is 25.0 Å². The van der Waals surface area contributed by atoms with Crippen LogP contribution in [0.3, 0.4) is 0 Å². The van der Waals surface area contributed by atoms with E-state index in [0.717, 1.165) is 12.8 Å². The van der Waals surface area contributed by atoms with E-state index in [2.05, 4.69) is 15.2 Å². The number of hydrogen-bond acceptors (Lipinski definition) is 5. The highest BCUT2D eigenvalue weighted by molar-refractivity contribution is 5.91. The minimum absolute atomic E-state index is 0.264. The maximum absolute atomic E-state index is 11.5. The molecule has 1 N–H and O–H groups in total. The Morgan fingerprint density at radius 1 is 1.32 bits per heavy atom. The molecule has 0 spiro atoms. The Hall–Kier alpha value is -2.31. The second kappa shape index (κ2) is 6.03. The van der Waals surface area contributed by atoms with Gasteiger partial charge in [-0.2, -0.15) is 0 Å². The molecule has 7 heteroatoms. The number of carbonyl (C=O) groups is 2. The average molecular weight is 265 g/mol. The summed E-state index contributed by atoms with van der Waals surface area (Å²) in [5, 5.41) is 2.45. The molecule has 2 heterocycles. The molecule has 2 amide bonds. The Kier molecular flexibility index (Phi) is 4.17. The predicted molar refractivity (Wildman–Crippen MR) is 65.5 cm³/mol. The molecule has 102 valence electrons. The van der Waals surface area contributed by atoms with Gasteiger partial charge in [0.2, 0.25) is 0 Å². The number of hydrogen-bond donors (Lipinski definition) is 1. The van der Waals surface area contributed by atoms with Gasteiger partial charge in [0.1, 0.15) is 5.69 Å². The standard InChI is InChI=1S/C12H15N3O4/c1-13-11(16)10-5-4-9(8-14-10)18-19-12(17)15-6-2-3-7-15/h4-5,8H,2-3,6-7H2,1H3,(H,13,16). The minimum Gasteiger partial charge on any atom is -0.354 e. The first-order chi connectivity index (χ1) is 9.20. The SMILES string of the molecule is CNC(=O)c1ccc(OOC(=O)N2CCCC2)cn1. The van der Waals surface area contributed by atoms with Crippen molar-refractivity contribution in [2.24, 2.45) is 0 Å². The number of nitrogens with one attached hydrogen (secondary N) is 1. The molecule has 0 unspecified atom stereocenters. The van der Waals surface area contributed by atoms with Crippen molar-refractivity contribution in [3.05, 3.63) is 24.0 Å². The third-order valence-corrected chi connectivity index (χ3v) is 2.77. The summed E-state index contributed by atoms with van der Waals surface area (Å²) < 4.78 is 0. The van der Waals surface area contributed by atoms with Crippen molar-refractivity contribution >= 4 is 12.0 Å². The second-order valence-electron chi connectivity index (χ2n) is 4.08. The molecule has 0 saturated carbocycles. The molecule has 1 fully saturated rings. The Morgan fingerprint density at radius 3 is 2.63 bits per heavy atom.